The van der Waals surface area contributed by atoms with Crippen molar-refractivity contribution in [1.82, 2.24) is 0 Å². The summed E-state index contributed by atoms with van der Waals surface area (Å²) in [6.45, 7) is 10.2. The fraction of sp³-hybridized carbons (Fsp3) is 0.387. The lowest BCUT2D eigenvalue weighted by molar-refractivity contribution is 0.0834. The van der Waals surface area contributed by atoms with Crippen LogP contribution in [0, 0.1) is 11.8 Å². The van der Waals surface area contributed by atoms with Crippen LogP contribution >= 0.6 is 0 Å². The van der Waals surface area contributed by atoms with Gasteiger partial charge < -0.3 is 14.6 Å². The van der Waals surface area contributed by atoms with Crippen LogP contribution in [0.3, 0.4) is 0 Å². The third-order valence-electron chi connectivity index (χ3n) is 7.20. The van der Waals surface area contributed by atoms with Gasteiger partial charge in [0.25, 0.3) is 0 Å². The summed E-state index contributed by atoms with van der Waals surface area (Å²) >= 11 is 0. The summed E-state index contributed by atoms with van der Waals surface area (Å²) in [5, 5.41) is 11.1. The molecule has 2 aliphatic rings. The first-order valence-electron chi connectivity index (χ1n) is 12.3. The smallest absolute Gasteiger partial charge is 0.174 e. The van der Waals surface area contributed by atoms with Crippen LogP contribution in [0.15, 0.2) is 65.8 Å². The highest BCUT2D eigenvalue weighted by Crippen LogP contribution is 2.50. The van der Waals surface area contributed by atoms with Gasteiger partial charge in [-0.1, -0.05) is 53.6 Å². The van der Waals surface area contributed by atoms with Gasteiger partial charge in [-0.05, 0) is 77.0 Å². The second kappa shape index (κ2) is 9.77. The number of fused-ring (bicyclic) bond motifs is 1. The maximum atomic E-state index is 14.5. The Bertz CT molecular complexity index is 1200. The Labute approximate surface area is 209 Å². The molecular formula is C31H36O4. The quantitative estimate of drug-likeness (QED) is 0.349. The van der Waals surface area contributed by atoms with E-state index in [1.807, 2.05) is 44.2 Å². The fourth-order valence-electron chi connectivity index (χ4n) is 5.33. The molecule has 1 aliphatic heterocycles. The summed E-state index contributed by atoms with van der Waals surface area (Å²) in [6.07, 6.45) is 9.91. The predicted molar refractivity (Wildman–Crippen MR) is 141 cm³/mol. The molecule has 0 bridgehead atoms. The molecule has 0 saturated carbocycles. The third kappa shape index (κ3) is 4.93. The van der Waals surface area contributed by atoms with Crippen molar-refractivity contribution >= 4 is 11.9 Å². The largest absolute Gasteiger partial charge is 0.507 e. The Kier molecular flexibility index (Phi) is 6.93. The Morgan fingerprint density at radius 1 is 1.23 bits per heavy atom. The van der Waals surface area contributed by atoms with Crippen LogP contribution in [0.2, 0.25) is 0 Å². The van der Waals surface area contributed by atoms with Gasteiger partial charge in [0.05, 0.1) is 12.7 Å². The standard InChI is InChI=1S/C31H36O4/c1-19(2)12-14-22-20(3)13-15-23(21-10-8-7-9-11-21)27(22)29(33)28-25(32)18-26(34-6)24-16-17-31(4,5)35-30(24)28/h7-13,16-18,22-23,27,32H,14-15H2,1-6H3/t22-,23+,27-/m1/s1. The average Bonchev–Trinajstić information content (AvgIpc) is 2.82. The number of allylic oxidation sites excluding steroid dienone is 4. The summed E-state index contributed by atoms with van der Waals surface area (Å²) in [5.74, 6) is 0.408. The summed E-state index contributed by atoms with van der Waals surface area (Å²) < 4.78 is 11.8. The highest BCUT2D eigenvalue weighted by atomic mass is 16.5. The molecule has 4 heteroatoms. The van der Waals surface area contributed by atoms with Crippen LogP contribution < -0.4 is 9.47 Å². The molecule has 3 atom stereocenters. The van der Waals surface area contributed by atoms with Gasteiger partial charge in [-0.25, -0.2) is 0 Å². The number of Topliss-reactive ketones (excluding diaryl/α,β-unsaturated/α-hetero) is 1. The number of rotatable bonds is 6. The van der Waals surface area contributed by atoms with Gasteiger partial charge in [0, 0.05) is 12.0 Å². The second-order valence-corrected chi connectivity index (χ2v) is 10.5. The van der Waals surface area contributed by atoms with Crippen molar-refractivity contribution in [2.24, 2.45) is 11.8 Å². The predicted octanol–water partition coefficient (Wildman–Crippen LogP) is 7.49. The molecular weight excluding hydrogens is 436 g/mol. The number of ketones is 1. The third-order valence-corrected chi connectivity index (χ3v) is 7.20. The van der Waals surface area contributed by atoms with Gasteiger partial charge in [-0.15, -0.1) is 0 Å². The summed E-state index contributed by atoms with van der Waals surface area (Å²) in [7, 11) is 1.56. The molecule has 1 N–H and O–H groups in total. The van der Waals surface area contributed by atoms with Gasteiger partial charge >= 0.3 is 0 Å². The molecule has 35 heavy (non-hydrogen) atoms. The number of carbonyl (C=O) groups excluding carboxylic acids is 1. The van der Waals surface area contributed by atoms with Gasteiger partial charge in [0.15, 0.2) is 5.78 Å². The van der Waals surface area contributed by atoms with E-state index in [2.05, 4.69) is 45.1 Å². The van der Waals surface area contributed by atoms with E-state index in [1.54, 1.807) is 7.11 Å². The van der Waals surface area contributed by atoms with Crippen LogP contribution in [-0.2, 0) is 0 Å². The van der Waals surface area contributed by atoms with E-state index >= 15 is 0 Å². The zero-order valence-corrected chi connectivity index (χ0v) is 21.6. The maximum absolute atomic E-state index is 14.5. The normalized spacial score (nSPS) is 22.5. The molecule has 4 rings (SSSR count). The minimum atomic E-state index is -0.608. The fourth-order valence-corrected chi connectivity index (χ4v) is 5.33. The van der Waals surface area contributed by atoms with Gasteiger partial charge in [-0.3, -0.25) is 4.79 Å². The van der Waals surface area contributed by atoms with Crippen LogP contribution in [-0.4, -0.2) is 23.6 Å². The molecule has 184 valence electrons. The second-order valence-electron chi connectivity index (χ2n) is 10.5. The van der Waals surface area contributed by atoms with Crippen LogP contribution in [0.25, 0.3) is 6.08 Å². The van der Waals surface area contributed by atoms with E-state index < -0.39 is 5.60 Å². The molecule has 0 aromatic heterocycles. The average molecular weight is 473 g/mol. The van der Waals surface area contributed by atoms with E-state index in [4.69, 9.17) is 9.47 Å². The number of phenols is 1. The highest BCUT2D eigenvalue weighted by Gasteiger charge is 2.42. The van der Waals surface area contributed by atoms with E-state index in [0.29, 0.717) is 17.1 Å². The van der Waals surface area contributed by atoms with Crippen molar-refractivity contribution in [1.29, 1.82) is 0 Å². The zero-order chi connectivity index (χ0) is 25.3. The number of hydrogen-bond donors (Lipinski definition) is 1. The van der Waals surface area contributed by atoms with Gasteiger partial charge in [-0.2, -0.15) is 0 Å². The number of methoxy groups -OCH3 is 1. The van der Waals surface area contributed by atoms with Crippen molar-refractivity contribution in [3.05, 3.63) is 82.5 Å². The number of carbonyl (C=O) groups is 1. The van der Waals surface area contributed by atoms with Crippen LogP contribution in [0.4, 0.5) is 0 Å². The first kappa shape index (κ1) is 24.8. The van der Waals surface area contributed by atoms with E-state index in [-0.39, 0.29) is 34.8 Å². The monoisotopic (exact) mass is 472 g/mol. The Morgan fingerprint density at radius 3 is 2.60 bits per heavy atom. The van der Waals surface area contributed by atoms with Crippen molar-refractivity contribution in [3.63, 3.8) is 0 Å². The molecule has 0 fully saturated rings. The molecule has 0 amide bonds. The Hall–Kier alpha value is -3.27. The first-order chi connectivity index (χ1) is 16.6. The minimum absolute atomic E-state index is 0.00672. The molecule has 0 spiro atoms. The lowest BCUT2D eigenvalue weighted by Gasteiger charge is -2.38. The Balaban J connectivity index is 1.90. The van der Waals surface area contributed by atoms with E-state index in [9.17, 15) is 9.90 Å². The van der Waals surface area contributed by atoms with Crippen LogP contribution in [0.5, 0.6) is 17.2 Å². The van der Waals surface area contributed by atoms with Gasteiger partial charge in [0.1, 0.15) is 28.4 Å². The molecule has 2 aromatic rings. The van der Waals surface area contributed by atoms with Crippen molar-refractivity contribution in [3.8, 4) is 17.2 Å². The lowest BCUT2D eigenvalue weighted by atomic mass is 9.65. The summed E-state index contributed by atoms with van der Waals surface area (Å²) in [4.78, 5) is 14.5. The van der Waals surface area contributed by atoms with Gasteiger partial charge in [0.2, 0.25) is 0 Å². The number of aromatic hydroxyl groups is 1. The molecule has 0 radical (unpaired) electrons. The molecule has 0 unspecified atom stereocenters. The lowest BCUT2D eigenvalue weighted by Crippen LogP contribution is -2.35. The number of benzene rings is 2. The summed E-state index contributed by atoms with van der Waals surface area (Å²) in [5.41, 5.74) is 3.92. The topological polar surface area (TPSA) is 55.8 Å². The zero-order valence-electron chi connectivity index (χ0n) is 21.6. The highest BCUT2D eigenvalue weighted by molar-refractivity contribution is 6.05. The van der Waals surface area contributed by atoms with Crippen molar-refractivity contribution in [2.45, 2.75) is 59.0 Å². The number of phenolic OH excluding ortho intramolecular Hbond substituents is 1. The number of hydrogen-bond acceptors (Lipinski definition) is 4. The molecule has 4 nitrogen and oxygen atoms in total. The molecule has 1 aliphatic carbocycles. The maximum Gasteiger partial charge on any atom is 0.174 e. The number of ether oxygens (including phenoxy) is 2. The minimum Gasteiger partial charge on any atom is -0.507 e. The van der Waals surface area contributed by atoms with Crippen molar-refractivity contribution < 1.29 is 19.4 Å². The van der Waals surface area contributed by atoms with E-state index in [1.165, 1.54) is 17.2 Å². The molecule has 2 aromatic carbocycles. The van der Waals surface area contributed by atoms with Crippen LogP contribution in [0.1, 0.15) is 74.9 Å². The first-order valence-corrected chi connectivity index (χ1v) is 12.3. The van der Waals surface area contributed by atoms with E-state index in [0.717, 1.165) is 18.4 Å². The molecule has 1 heterocycles. The SMILES string of the molecule is COc1cc(O)c(C(=O)[C@@H]2[C@H](CC=C(C)C)C(C)=CC[C@H]2c2ccccc2)c2c1C=CC(C)(C)O2. The Morgan fingerprint density at radius 2 is 1.94 bits per heavy atom. The van der Waals surface area contributed by atoms with Crippen molar-refractivity contribution in [2.75, 3.05) is 7.11 Å². The summed E-state index contributed by atoms with van der Waals surface area (Å²) in [6, 6.07) is 11.8. The molecule has 0 saturated heterocycles.